The predicted octanol–water partition coefficient (Wildman–Crippen LogP) is 2.96. The number of rotatable bonds is 1. The van der Waals surface area contributed by atoms with Crippen LogP contribution in [0, 0.1) is 12.3 Å². The van der Waals surface area contributed by atoms with Gasteiger partial charge in [-0.25, -0.2) is 9.97 Å². The zero-order chi connectivity index (χ0) is 11.8. The number of terminal acetylenes is 1. The predicted molar refractivity (Wildman–Crippen MR) is 67.2 cm³/mol. The van der Waals surface area contributed by atoms with Crippen LogP contribution in [0.4, 0.5) is 0 Å². The van der Waals surface area contributed by atoms with E-state index in [0.29, 0.717) is 10.4 Å². The Hall–Kier alpha value is -2.06. The summed E-state index contributed by atoms with van der Waals surface area (Å²) < 4.78 is 5.99. The second kappa shape index (κ2) is 3.75. The minimum atomic E-state index is 0.657. The molecule has 0 aliphatic heterocycles. The highest BCUT2D eigenvalue weighted by atomic mass is 79.9. The van der Waals surface area contributed by atoms with Crippen LogP contribution in [-0.2, 0) is 0 Å². The Morgan fingerprint density at radius 2 is 2.29 bits per heavy atom. The zero-order valence-corrected chi connectivity index (χ0v) is 10.2. The average molecular weight is 288 g/mol. The van der Waals surface area contributed by atoms with E-state index < -0.39 is 0 Å². The third-order valence-electron chi connectivity index (χ3n) is 2.47. The molecule has 0 spiro atoms. The van der Waals surface area contributed by atoms with E-state index in [-0.39, 0.29) is 0 Å². The maximum atomic E-state index is 5.36. The molecule has 0 bridgehead atoms. The summed E-state index contributed by atoms with van der Waals surface area (Å²) in [5.41, 5.74) is 2.38. The van der Waals surface area contributed by atoms with Crippen LogP contribution in [0.5, 0.6) is 0 Å². The van der Waals surface area contributed by atoms with E-state index in [1.807, 2.05) is 12.3 Å². The number of hydrogen-bond donors (Lipinski definition) is 1. The standard InChI is InChI=1S/C12H6BrN3O/c1-2-7-3-8-9(5-15-12(8)14-4-7)10-11(13)16-6-17-10/h1,3-6H,(H,14,15). The van der Waals surface area contributed by atoms with Gasteiger partial charge in [0.15, 0.2) is 16.8 Å². The van der Waals surface area contributed by atoms with Crippen molar-refractivity contribution in [3.8, 4) is 23.7 Å². The number of halogens is 1. The summed E-state index contributed by atoms with van der Waals surface area (Å²) in [4.78, 5) is 11.3. The number of pyridine rings is 1. The van der Waals surface area contributed by atoms with Crippen molar-refractivity contribution in [3.63, 3.8) is 0 Å². The highest BCUT2D eigenvalue weighted by Crippen LogP contribution is 2.32. The Bertz CT molecular complexity index is 736. The van der Waals surface area contributed by atoms with Crippen molar-refractivity contribution in [2.24, 2.45) is 0 Å². The Morgan fingerprint density at radius 3 is 3.00 bits per heavy atom. The number of nitrogens with zero attached hydrogens (tertiary/aromatic N) is 2. The molecule has 3 aromatic heterocycles. The van der Waals surface area contributed by atoms with Gasteiger partial charge in [0.05, 0.1) is 0 Å². The Kier molecular flexibility index (Phi) is 2.23. The highest BCUT2D eigenvalue weighted by Gasteiger charge is 2.14. The minimum Gasteiger partial charge on any atom is -0.442 e. The molecule has 0 aromatic carbocycles. The van der Waals surface area contributed by atoms with E-state index in [9.17, 15) is 0 Å². The van der Waals surface area contributed by atoms with E-state index in [0.717, 1.165) is 22.2 Å². The lowest BCUT2D eigenvalue weighted by molar-refractivity contribution is 0.572. The molecule has 0 amide bonds. The van der Waals surface area contributed by atoms with Crippen LogP contribution >= 0.6 is 15.9 Å². The van der Waals surface area contributed by atoms with Crippen molar-refractivity contribution in [1.29, 1.82) is 0 Å². The lowest BCUT2D eigenvalue weighted by Crippen LogP contribution is -1.80. The third kappa shape index (κ3) is 1.54. The molecule has 0 saturated heterocycles. The fourth-order valence-corrected chi connectivity index (χ4v) is 2.07. The van der Waals surface area contributed by atoms with Crippen LogP contribution in [0.25, 0.3) is 22.4 Å². The Balaban J connectivity index is 2.31. The summed E-state index contributed by atoms with van der Waals surface area (Å²) in [6, 6.07) is 1.89. The Labute approximate surface area is 105 Å². The summed E-state index contributed by atoms with van der Waals surface area (Å²) >= 11 is 3.33. The van der Waals surface area contributed by atoms with Crippen molar-refractivity contribution in [2.75, 3.05) is 0 Å². The van der Waals surface area contributed by atoms with Crippen LogP contribution < -0.4 is 0 Å². The van der Waals surface area contributed by atoms with Gasteiger partial charge in [0.1, 0.15) is 5.65 Å². The molecule has 0 fully saturated rings. The first-order valence-corrected chi connectivity index (χ1v) is 5.62. The van der Waals surface area contributed by atoms with Crippen LogP contribution in [0.15, 0.2) is 33.9 Å². The first-order chi connectivity index (χ1) is 8.29. The third-order valence-corrected chi connectivity index (χ3v) is 3.03. The van der Waals surface area contributed by atoms with Gasteiger partial charge in [-0.3, -0.25) is 0 Å². The second-order valence-corrected chi connectivity index (χ2v) is 4.19. The lowest BCUT2D eigenvalue weighted by atomic mass is 10.1. The van der Waals surface area contributed by atoms with Gasteiger partial charge in [-0.05, 0) is 22.0 Å². The number of oxazole rings is 1. The molecule has 17 heavy (non-hydrogen) atoms. The smallest absolute Gasteiger partial charge is 0.182 e. The molecule has 5 heteroatoms. The molecule has 0 aliphatic rings. The van der Waals surface area contributed by atoms with Gasteiger partial charge >= 0.3 is 0 Å². The van der Waals surface area contributed by atoms with E-state index in [1.54, 1.807) is 6.20 Å². The molecule has 0 atom stereocenters. The zero-order valence-electron chi connectivity index (χ0n) is 8.57. The number of H-pyrrole nitrogens is 1. The molecular weight excluding hydrogens is 282 g/mol. The minimum absolute atomic E-state index is 0.657. The van der Waals surface area contributed by atoms with Crippen LogP contribution in [0.1, 0.15) is 5.56 Å². The average Bonchev–Trinajstić information content (AvgIpc) is 2.94. The molecule has 3 rings (SSSR count). The van der Waals surface area contributed by atoms with Gasteiger partial charge in [-0.1, -0.05) is 5.92 Å². The van der Waals surface area contributed by atoms with Gasteiger partial charge in [0.25, 0.3) is 0 Å². The summed E-state index contributed by atoms with van der Waals surface area (Å²) in [6.07, 6.45) is 10.2. The topological polar surface area (TPSA) is 54.7 Å². The molecule has 3 heterocycles. The van der Waals surface area contributed by atoms with Gasteiger partial charge in [-0.15, -0.1) is 6.42 Å². The van der Waals surface area contributed by atoms with Crippen molar-refractivity contribution in [2.45, 2.75) is 0 Å². The van der Waals surface area contributed by atoms with Gasteiger partial charge in [0.2, 0.25) is 0 Å². The van der Waals surface area contributed by atoms with Crippen LogP contribution in [0.2, 0.25) is 0 Å². The number of fused-ring (bicyclic) bond motifs is 1. The molecule has 0 radical (unpaired) electrons. The van der Waals surface area contributed by atoms with Gasteiger partial charge < -0.3 is 9.40 Å². The molecule has 0 saturated carbocycles. The number of aromatic amines is 1. The fourth-order valence-electron chi connectivity index (χ4n) is 1.68. The fraction of sp³-hybridized carbons (Fsp3) is 0. The largest absolute Gasteiger partial charge is 0.442 e. The lowest BCUT2D eigenvalue weighted by Gasteiger charge is -1.95. The number of aromatic nitrogens is 3. The molecule has 0 unspecified atom stereocenters. The van der Waals surface area contributed by atoms with Crippen molar-refractivity contribution >= 4 is 27.0 Å². The SMILES string of the molecule is C#Cc1cnc2[nH]cc(-c3ocnc3Br)c2c1. The monoisotopic (exact) mass is 287 g/mol. The van der Waals surface area contributed by atoms with E-state index in [2.05, 4.69) is 36.8 Å². The highest BCUT2D eigenvalue weighted by molar-refractivity contribution is 9.10. The van der Waals surface area contributed by atoms with Crippen molar-refractivity contribution in [1.82, 2.24) is 15.0 Å². The van der Waals surface area contributed by atoms with Crippen molar-refractivity contribution < 1.29 is 4.42 Å². The molecule has 82 valence electrons. The van der Waals surface area contributed by atoms with Crippen LogP contribution in [0.3, 0.4) is 0 Å². The first-order valence-electron chi connectivity index (χ1n) is 4.82. The maximum absolute atomic E-state index is 5.36. The first kappa shape index (κ1) is 10.1. The second-order valence-electron chi connectivity index (χ2n) is 3.44. The summed E-state index contributed by atoms with van der Waals surface area (Å²) in [6.45, 7) is 0. The van der Waals surface area contributed by atoms with Crippen LogP contribution in [-0.4, -0.2) is 15.0 Å². The molecule has 0 aliphatic carbocycles. The quantitative estimate of drug-likeness (QED) is 0.700. The summed E-state index contributed by atoms with van der Waals surface area (Å²) in [5, 5.41) is 0.915. The van der Waals surface area contributed by atoms with E-state index in [1.165, 1.54) is 6.39 Å². The van der Waals surface area contributed by atoms with Crippen molar-refractivity contribution in [3.05, 3.63) is 35.0 Å². The summed E-state index contributed by atoms with van der Waals surface area (Å²) in [5.74, 6) is 3.22. The molecule has 4 nitrogen and oxygen atoms in total. The normalized spacial score (nSPS) is 10.6. The van der Waals surface area contributed by atoms with E-state index in [4.69, 9.17) is 10.8 Å². The molecular formula is C12H6BrN3O. The maximum Gasteiger partial charge on any atom is 0.182 e. The van der Waals surface area contributed by atoms with Gasteiger partial charge in [-0.2, -0.15) is 0 Å². The van der Waals surface area contributed by atoms with E-state index >= 15 is 0 Å². The van der Waals surface area contributed by atoms with Gasteiger partial charge in [0, 0.05) is 28.9 Å². The molecule has 1 N–H and O–H groups in total. The molecule has 3 aromatic rings. The number of hydrogen-bond acceptors (Lipinski definition) is 3. The summed E-state index contributed by atoms with van der Waals surface area (Å²) in [7, 11) is 0. The Morgan fingerprint density at radius 1 is 1.41 bits per heavy atom. The number of nitrogens with one attached hydrogen (secondary N) is 1.